The molecule has 1 N–H and O–H groups in total. The van der Waals surface area contributed by atoms with Crippen LogP contribution in [0, 0.1) is 0 Å². The predicted molar refractivity (Wildman–Crippen MR) is 128 cm³/mol. The number of hydrogen-bond acceptors (Lipinski definition) is 7. The smallest absolute Gasteiger partial charge is 0.239 e. The van der Waals surface area contributed by atoms with Gasteiger partial charge in [-0.2, -0.15) is 0 Å². The molecule has 2 aliphatic heterocycles. The van der Waals surface area contributed by atoms with E-state index in [2.05, 4.69) is 10.3 Å². The summed E-state index contributed by atoms with van der Waals surface area (Å²) in [7, 11) is 1.60. The molecule has 0 radical (unpaired) electrons. The number of hydrogen-bond donors (Lipinski definition) is 1. The largest absolute Gasteiger partial charge is 0.493 e. The molecule has 2 atom stereocenters. The minimum Gasteiger partial charge on any atom is -0.493 e. The third-order valence-corrected chi connectivity index (χ3v) is 7.17. The van der Waals surface area contributed by atoms with E-state index in [0.29, 0.717) is 37.6 Å². The number of nitrogens with zero attached hydrogens (tertiary/aromatic N) is 2. The van der Waals surface area contributed by atoms with Crippen LogP contribution in [0.1, 0.15) is 35.8 Å². The average molecular weight is 482 g/mol. The Hall–Kier alpha value is -3.17. The second kappa shape index (κ2) is 9.99. The van der Waals surface area contributed by atoms with Crippen LogP contribution in [0.25, 0.3) is 10.2 Å². The molecular formula is C25H27N3O5S. The Morgan fingerprint density at radius 1 is 1.26 bits per heavy atom. The number of ether oxygens (including phenoxy) is 3. The van der Waals surface area contributed by atoms with Crippen LogP contribution >= 0.6 is 11.3 Å². The van der Waals surface area contributed by atoms with Gasteiger partial charge in [-0.05, 0) is 36.2 Å². The van der Waals surface area contributed by atoms with Crippen LogP contribution in [0.4, 0.5) is 0 Å². The van der Waals surface area contributed by atoms with Crippen molar-refractivity contribution in [3.8, 4) is 11.5 Å². The maximum Gasteiger partial charge on any atom is 0.239 e. The molecule has 3 heterocycles. The van der Waals surface area contributed by atoms with Crippen LogP contribution < -0.4 is 14.8 Å². The topological polar surface area (TPSA) is 90.0 Å². The molecule has 2 amide bonds. The maximum atomic E-state index is 12.6. The normalized spacial score (nSPS) is 20.1. The summed E-state index contributed by atoms with van der Waals surface area (Å²) in [4.78, 5) is 31.3. The van der Waals surface area contributed by atoms with Crippen LogP contribution in [0.15, 0.2) is 42.5 Å². The predicted octanol–water partition coefficient (Wildman–Crippen LogP) is 3.45. The number of carbonyl (C=O) groups excluding carboxylic acids is 2. The summed E-state index contributed by atoms with van der Waals surface area (Å²) < 4.78 is 18.1. The van der Waals surface area contributed by atoms with Gasteiger partial charge in [-0.1, -0.05) is 18.2 Å². The number of methoxy groups -OCH3 is 1. The Balaban J connectivity index is 1.18. The second-order valence-corrected chi connectivity index (χ2v) is 9.61. The number of rotatable bonds is 8. The van der Waals surface area contributed by atoms with Crippen molar-refractivity contribution in [3.05, 3.63) is 53.0 Å². The quantitative estimate of drug-likeness (QED) is 0.530. The third-order valence-electron chi connectivity index (χ3n) is 6.13. The van der Waals surface area contributed by atoms with E-state index in [1.54, 1.807) is 23.3 Å². The van der Waals surface area contributed by atoms with Gasteiger partial charge in [0.25, 0.3) is 0 Å². The van der Waals surface area contributed by atoms with Crippen LogP contribution in [0.3, 0.4) is 0 Å². The lowest BCUT2D eigenvalue weighted by Crippen LogP contribution is -2.37. The highest BCUT2D eigenvalue weighted by Crippen LogP contribution is 2.36. The van der Waals surface area contributed by atoms with Crippen LogP contribution in [0.5, 0.6) is 11.5 Å². The first kappa shape index (κ1) is 22.6. The molecule has 0 saturated carbocycles. The Bertz CT molecular complexity index is 1160. The van der Waals surface area contributed by atoms with Crippen molar-refractivity contribution >= 4 is 33.4 Å². The van der Waals surface area contributed by atoms with Gasteiger partial charge in [-0.25, -0.2) is 4.98 Å². The van der Waals surface area contributed by atoms with Crippen molar-refractivity contribution in [3.63, 3.8) is 0 Å². The molecule has 0 bridgehead atoms. The van der Waals surface area contributed by atoms with Crippen molar-refractivity contribution < 1.29 is 23.8 Å². The van der Waals surface area contributed by atoms with Crippen molar-refractivity contribution in [2.24, 2.45) is 0 Å². The molecule has 2 aliphatic rings. The molecule has 2 aromatic carbocycles. The van der Waals surface area contributed by atoms with Gasteiger partial charge < -0.3 is 24.4 Å². The van der Waals surface area contributed by atoms with Gasteiger partial charge in [0.05, 0.1) is 37.0 Å². The highest BCUT2D eigenvalue weighted by atomic mass is 32.1. The summed E-state index contributed by atoms with van der Waals surface area (Å²) in [6.07, 6.45) is 1.90. The van der Waals surface area contributed by atoms with Crippen molar-refractivity contribution in [2.75, 3.05) is 26.8 Å². The summed E-state index contributed by atoms with van der Waals surface area (Å²) in [5.74, 6) is 1.02. The monoisotopic (exact) mass is 481 g/mol. The van der Waals surface area contributed by atoms with Gasteiger partial charge in [0, 0.05) is 25.3 Å². The van der Waals surface area contributed by atoms with E-state index in [-0.39, 0.29) is 30.6 Å². The molecule has 2 fully saturated rings. The van der Waals surface area contributed by atoms with Crippen molar-refractivity contribution in [1.82, 2.24) is 15.2 Å². The molecule has 9 heteroatoms. The first-order valence-electron chi connectivity index (χ1n) is 11.4. The van der Waals surface area contributed by atoms with Crippen molar-refractivity contribution in [2.45, 2.75) is 38.0 Å². The Morgan fingerprint density at radius 3 is 2.94 bits per heavy atom. The lowest BCUT2D eigenvalue weighted by Gasteiger charge is -2.19. The zero-order valence-corrected chi connectivity index (χ0v) is 19.8. The molecule has 8 nitrogen and oxygen atoms in total. The summed E-state index contributed by atoms with van der Waals surface area (Å²) in [5, 5.41) is 3.74. The summed E-state index contributed by atoms with van der Waals surface area (Å²) >= 11 is 1.56. The molecule has 1 aromatic heterocycles. The second-order valence-electron chi connectivity index (χ2n) is 8.50. The minimum atomic E-state index is -0.273. The van der Waals surface area contributed by atoms with Gasteiger partial charge in [-0.15, -0.1) is 11.3 Å². The van der Waals surface area contributed by atoms with E-state index in [0.717, 1.165) is 33.6 Å². The SMILES string of the molecule is COc1ccc([C@@H]2CC(=O)N(CC(=O)NCc3nc4ccccc4s3)C2)cc1OC1CCCO1. The van der Waals surface area contributed by atoms with E-state index in [4.69, 9.17) is 14.2 Å². The summed E-state index contributed by atoms with van der Waals surface area (Å²) in [5.41, 5.74) is 1.91. The molecule has 2 saturated heterocycles. The number of likely N-dealkylation sites (tertiary alicyclic amines) is 1. The fourth-order valence-corrected chi connectivity index (χ4v) is 5.28. The standard InChI is InChI=1S/C25H27N3O5S/c1-31-19-9-8-16(11-20(19)33-25-7-4-10-32-25)17-12-24(30)28(14-17)15-22(29)26-13-23-27-18-5-2-3-6-21(18)34-23/h2-3,5-6,8-9,11,17,25H,4,7,10,12-15H2,1H3,(H,26,29)/t17-,25?/m1/s1. The molecule has 0 aliphatic carbocycles. The number of para-hydroxylation sites is 1. The molecule has 34 heavy (non-hydrogen) atoms. The van der Waals surface area contributed by atoms with E-state index in [1.807, 2.05) is 42.5 Å². The van der Waals surface area contributed by atoms with Crippen LogP contribution in [-0.2, 0) is 20.9 Å². The van der Waals surface area contributed by atoms with E-state index < -0.39 is 0 Å². The molecule has 1 unspecified atom stereocenters. The number of thiazole rings is 1. The van der Waals surface area contributed by atoms with E-state index in [1.165, 1.54) is 0 Å². The first-order chi connectivity index (χ1) is 16.6. The first-order valence-corrected chi connectivity index (χ1v) is 12.3. The summed E-state index contributed by atoms with van der Waals surface area (Å²) in [6.45, 7) is 1.57. The molecule has 178 valence electrons. The van der Waals surface area contributed by atoms with Gasteiger partial charge in [0.1, 0.15) is 5.01 Å². The number of fused-ring (bicyclic) bond motifs is 1. The molecule has 0 spiro atoms. The number of carbonyl (C=O) groups is 2. The zero-order chi connectivity index (χ0) is 23.5. The van der Waals surface area contributed by atoms with Crippen molar-refractivity contribution in [1.29, 1.82) is 0 Å². The highest BCUT2D eigenvalue weighted by Gasteiger charge is 2.32. The lowest BCUT2D eigenvalue weighted by molar-refractivity contribution is -0.133. The number of amides is 2. The Labute approximate surface area is 201 Å². The van der Waals surface area contributed by atoms with E-state index in [9.17, 15) is 9.59 Å². The van der Waals surface area contributed by atoms with Gasteiger partial charge in [-0.3, -0.25) is 9.59 Å². The molecular weight excluding hydrogens is 454 g/mol. The van der Waals surface area contributed by atoms with Crippen LogP contribution in [-0.4, -0.2) is 54.8 Å². The molecule has 5 rings (SSSR count). The van der Waals surface area contributed by atoms with E-state index >= 15 is 0 Å². The molecule has 3 aromatic rings. The fraction of sp³-hybridized carbons (Fsp3) is 0.400. The van der Waals surface area contributed by atoms with Gasteiger partial charge in [0.15, 0.2) is 17.8 Å². The Morgan fingerprint density at radius 2 is 2.15 bits per heavy atom. The minimum absolute atomic E-state index is 0.0117. The number of benzene rings is 2. The number of aromatic nitrogens is 1. The van der Waals surface area contributed by atoms with Gasteiger partial charge in [0.2, 0.25) is 11.8 Å². The number of nitrogens with one attached hydrogen (secondary N) is 1. The third kappa shape index (κ3) is 5.00. The lowest BCUT2D eigenvalue weighted by atomic mass is 9.98. The fourth-order valence-electron chi connectivity index (χ4n) is 4.37. The Kier molecular flexibility index (Phi) is 6.64. The average Bonchev–Trinajstić information content (AvgIpc) is 3.58. The zero-order valence-electron chi connectivity index (χ0n) is 19.0. The van der Waals surface area contributed by atoms with Crippen LogP contribution in [0.2, 0.25) is 0 Å². The van der Waals surface area contributed by atoms with Gasteiger partial charge >= 0.3 is 0 Å². The maximum absolute atomic E-state index is 12.6. The highest BCUT2D eigenvalue weighted by molar-refractivity contribution is 7.18. The summed E-state index contributed by atoms with van der Waals surface area (Å²) in [6, 6.07) is 13.6.